The van der Waals surface area contributed by atoms with Gasteiger partial charge in [0.15, 0.2) is 0 Å². The highest BCUT2D eigenvalue weighted by molar-refractivity contribution is 6.55. The molecule has 0 aromatic heterocycles. The van der Waals surface area contributed by atoms with Gasteiger partial charge < -0.3 is 10.6 Å². The van der Waals surface area contributed by atoms with Crippen LogP contribution in [0.3, 0.4) is 0 Å². The van der Waals surface area contributed by atoms with E-state index in [1.165, 1.54) is 4.90 Å². The number of anilines is 1. The Hall–Kier alpha value is -1.88. The molecule has 5 nitrogen and oxygen atoms in total. The predicted molar refractivity (Wildman–Crippen MR) is 66.5 cm³/mol. The quantitative estimate of drug-likeness (QED) is 0.829. The van der Waals surface area contributed by atoms with Gasteiger partial charge in [-0.1, -0.05) is 24.6 Å². The van der Waals surface area contributed by atoms with Gasteiger partial charge in [-0.15, -0.1) is 0 Å². The van der Waals surface area contributed by atoms with Gasteiger partial charge in [0.05, 0.1) is 22.2 Å². The first kappa shape index (κ1) is 12.6. The van der Waals surface area contributed by atoms with E-state index >= 15 is 0 Å². The average Bonchev–Trinajstić information content (AvgIpc) is 2.55. The van der Waals surface area contributed by atoms with Gasteiger partial charge in [-0.05, 0) is 12.1 Å². The molecule has 2 N–H and O–H groups in total. The number of carbonyl (C=O) groups is 3. The zero-order valence-corrected chi connectivity index (χ0v) is 10.4. The highest BCUT2D eigenvalue weighted by Crippen LogP contribution is 2.34. The number of carbonyl (C=O) groups excluding carboxylic acids is 3. The monoisotopic (exact) mass is 266 g/mol. The van der Waals surface area contributed by atoms with Crippen LogP contribution in [-0.4, -0.2) is 24.1 Å². The van der Waals surface area contributed by atoms with Crippen LogP contribution in [0.1, 0.15) is 17.3 Å². The fourth-order valence-corrected chi connectivity index (χ4v) is 2.10. The molecule has 1 aromatic carbocycles. The van der Waals surface area contributed by atoms with E-state index in [1.807, 2.05) is 0 Å². The Morgan fingerprint density at radius 1 is 1.44 bits per heavy atom. The second kappa shape index (κ2) is 4.42. The summed E-state index contributed by atoms with van der Waals surface area (Å²) in [6.45, 7) is 1.68. The molecule has 0 radical (unpaired) electrons. The molecule has 0 spiro atoms. The lowest BCUT2D eigenvalue weighted by Crippen LogP contribution is -2.38. The third-order valence-corrected chi connectivity index (χ3v) is 3.21. The first-order valence-corrected chi connectivity index (χ1v) is 5.75. The van der Waals surface area contributed by atoms with Crippen LogP contribution < -0.4 is 10.6 Å². The number of nitrogens with zero attached hydrogens (tertiary/aromatic N) is 1. The van der Waals surface area contributed by atoms with Gasteiger partial charge in [-0.2, -0.15) is 0 Å². The summed E-state index contributed by atoms with van der Waals surface area (Å²) >= 11 is 5.90. The lowest BCUT2D eigenvalue weighted by Gasteiger charge is -2.19. The molecule has 94 valence electrons. The Morgan fingerprint density at radius 2 is 2.11 bits per heavy atom. The molecule has 1 aliphatic heterocycles. The average molecular weight is 267 g/mol. The molecule has 2 amide bonds. The Labute approximate surface area is 109 Å². The summed E-state index contributed by atoms with van der Waals surface area (Å²) in [6.07, 6.45) is 0. The Balaban J connectivity index is 2.41. The fraction of sp³-hybridized carbons (Fsp3) is 0.250. The molecular weight excluding hydrogens is 256 g/mol. The van der Waals surface area contributed by atoms with Gasteiger partial charge in [-0.3, -0.25) is 14.4 Å². The number of amides is 2. The van der Waals surface area contributed by atoms with Crippen molar-refractivity contribution in [1.29, 1.82) is 0 Å². The molecule has 0 saturated carbocycles. The van der Waals surface area contributed by atoms with E-state index in [4.69, 9.17) is 17.3 Å². The van der Waals surface area contributed by atoms with Crippen LogP contribution in [0.2, 0.25) is 5.02 Å². The number of hydrogen-bond donors (Lipinski definition) is 1. The van der Waals surface area contributed by atoms with E-state index < -0.39 is 23.5 Å². The van der Waals surface area contributed by atoms with Crippen molar-refractivity contribution in [1.82, 2.24) is 0 Å². The third kappa shape index (κ3) is 1.86. The van der Waals surface area contributed by atoms with E-state index in [0.29, 0.717) is 5.69 Å². The largest absolute Gasteiger partial charge is 0.369 e. The van der Waals surface area contributed by atoms with E-state index in [1.54, 1.807) is 25.1 Å². The molecule has 1 heterocycles. The van der Waals surface area contributed by atoms with Crippen LogP contribution in [0.5, 0.6) is 0 Å². The van der Waals surface area contributed by atoms with E-state index in [-0.39, 0.29) is 17.1 Å². The van der Waals surface area contributed by atoms with E-state index in [9.17, 15) is 14.4 Å². The van der Waals surface area contributed by atoms with Crippen LogP contribution in [0, 0.1) is 5.92 Å². The number of fused-ring (bicyclic) bond motifs is 1. The fourth-order valence-electron chi connectivity index (χ4n) is 1.85. The van der Waals surface area contributed by atoms with Gasteiger partial charge in [0.1, 0.15) is 0 Å². The number of halogens is 1. The summed E-state index contributed by atoms with van der Waals surface area (Å²) in [5, 5.41) is 0.236. The third-order valence-electron chi connectivity index (χ3n) is 2.89. The number of hydrogen-bond acceptors (Lipinski definition) is 3. The van der Waals surface area contributed by atoms with E-state index in [2.05, 4.69) is 0 Å². The number of benzene rings is 1. The number of rotatable bonds is 3. The van der Waals surface area contributed by atoms with Crippen molar-refractivity contribution in [2.75, 3.05) is 11.4 Å². The molecule has 1 unspecified atom stereocenters. The summed E-state index contributed by atoms with van der Waals surface area (Å²) in [4.78, 5) is 35.9. The van der Waals surface area contributed by atoms with E-state index in [0.717, 1.165) is 0 Å². The van der Waals surface area contributed by atoms with Gasteiger partial charge >= 0.3 is 0 Å². The van der Waals surface area contributed by atoms with Gasteiger partial charge in [0.25, 0.3) is 11.7 Å². The topological polar surface area (TPSA) is 80.5 Å². The maximum atomic E-state index is 11.8. The smallest absolute Gasteiger partial charge is 0.299 e. The number of ketones is 1. The molecule has 2 rings (SSSR count). The van der Waals surface area contributed by atoms with Crippen LogP contribution >= 0.6 is 11.6 Å². The van der Waals surface area contributed by atoms with Crippen molar-refractivity contribution in [2.45, 2.75) is 6.92 Å². The lowest BCUT2D eigenvalue weighted by molar-refractivity contribution is -0.121. The zero-order valence-electron chi connectivity index (χ0n) is 9.64. The molecule has 1 aliphatic rings. The Bertz CT molecular complexity index is 556. The molecular formula is C12H11ClN2O3. The first-order valence-electron chi connectivity index (χ1n) is 5.37. The normalized spacial score (nSPS) is 15.8. The number of nitrogens with two attached hydrogens (primary N) is 1. The molecule has 0 aliphatic carbocycles. The van der Waals surface area contributed by atoms with Crippen molar-refractivity contribution < 1.29 is 14.4 Å². The minimum absolute atomic E-state index is 0.0766. The minimum Gasteiger partial charge on any atom is -0.369 e. The number of Topliss-reactive ketones (excluding diaryl/α,β-unsaturated/α-hetero) is 1. The van der Waals surface area contributed by atoms with Crippen molar-refractivity contribution in [3.05, 3.63) is 28.8 Å². The zero-order chi connectivity index (χ0) is 13.4. The predicted octanol–water partition coefficient (Wildman–Crippen LogP) is 0.991. The van der Waals surface area contributed by atoms with Crippen LogP contribution in [0.15, 0.2) is 18.2 Å². The maximum absolute atomic E-state index is 11.8. The molecule has 0 fully saturated rings. The SMILES string of the molecule is CC(CN1C(=O)C(=O)c2c(Cl)cccc21)C(N)=O. The summed E-state index contributed by atoms with van der Waals surface area (Å²) in [7, 11) is 0. The Kier molecular flexibility index (Phi) is 3.09. The van der Waals surface area contributed by atoms with Crippen molar-refractivity contribution in [2.24, 2.45) is 11.7 Å². The molecule has 0 saturated heterocycles. The van der Waals surface area contributed by atoms with Gasteiger partial charge in [-0.25, -0.2) is 0 Å². The molecule has 18 heavy (non-hydrogen) atoms. The first-order chi connectivity index (χ1) is 8.43. The van der Waals surface area contributed by atoms with Crippen molar-refractivity contribution in [3.63, 3.8) is 0 Å². The highest BCUT2D eigenvalue weighted by Gasteiger charge is 2.38. The highest BCUT2D eigenvalue weighted by atomic mass is 35.5. The van der Waals surface area contributed by atoms with Gasteiger partial charge in [0, 0.05) is 6.54 Å². The summed E-state index contributed by atoms with van der Waals surface area (Å²) in [5.74, 6) is -2.38. The second-order valence-electron chi connectivity index (χ2n) is 4.18. The standard InChI is InChI=1S/C12H11ClN2O3/c1-6(11(14)17)5-15-8-4-2-3-7(13)9(8)10(16)12(15)18/h2-4,6H,5H2,1H3,(H2,14,17). The summed E-state index contributed by atoms with van der Waals surface area (Å²) in [6, 6.07) is 4.82. The minimum atomic E-state index is -0.675. The van der Waals surface area contributed by atoms with Crippen LogP contribution in [0.25, 0.3) is 0 Å². The lowest BCUT2D eigenvalue weighted by atomic mass is 10.1. The molecule has 0 bridgehead atoms. The summed E-state index contributed by atoms with van der Waals surface area (Å²) < 4.78 is 0. The van der Waals surface area contributed by atoms with Crippen molar-refractivity contribution in [3.8, 4) is 0 Å². The number of primary amides is 1. The van der Waals surface area contributed by atoms with Crippen molar-refractivity contribution >= 4 is 34.9 Å². The summed E-state index contributed by atoms with van der Waals surface area (Å²) in [5.41, 5.74) is 5.79. The van der Waals surface area contributed by atoms with Crippen LogP contribution in [-0.2, 0) is 9.59 Å². The van der Waals surface area contributed by atoms with Crippen LogP contribution in [0.4, 0.5) is 5.69 Å². The molecule has 1 atom stereocenters. The second-order valence-corrected chi connectivity index (χ2v) is 4.59. The van der Waals surface area contributed by atoms with Gasteiger partial charge in [0.2, 0.25) is 5.91 Å². The molecule has 1 aromatic rings. The Morgan fingerprint density at radius 3 is 2.72 bits per heavy atom. The maximum Gasteiger partial charge on any atom is 0.299 e. The molecule has 6 heteroatoms.